The van der Waals surface area contributed by atoms with Gasteiger partial charge >= 0.3 is 0 Å². The Balaban J connectivity index is 0.861. The number of nitrogens with zero attached hydrogens (tertiary/aromatic N) is 6. The molecule has 123 heavy (non-hydrogen) atoms. The van der Waals surface area contributed by atoms with Gasteiger partial charge in [0.15, 0.2) is 0 Å². The average molecular weight is 1810 g/mol. The molecule has 0 N–H and O–H groups in total. The van der Waals surface area contributed by atoms with Crippen molar-refractivity contribution in [2.24, 2.45) is 35.5 Å². The second kappa shape index (κ2) is 39.4. The lowest BCUT2D eigenvalue weighted by molar-refractivity contribution is -0.124. The number of rotatable bonds is 45. The summed E-state index contributed by atoms with van der Waals surface area (Å²) in [5.74, 6) is 1.21. The zero-order chi connectivity index (χ0) is 86.0. The zero-order valence-electron chi connectivity index (χ0n) is 73.9. The van der Waals surface area contributed by atoms with Crippen molar-refractivity contribution in [1.82, 2.24) is 29.4 Å². The molecule has 0 saturated carbocycles. The Bertz CT molecular complexity index is 5120. The summed E-state index contributed by atoms with van der Waals surface area (Å²) in [4.78, 5) is 119. The lowest BCUT2D eigenvalue weighted by atomic mass is 9.98. The van der Waals surface area contributed by atoms with Crippen LogP contribution in [0.5, 0.6) is 0 Å². The van der Waals surface area contributed by atoms with Gasteiger partial charge in [0.05, 0.1) is 96.9 Å². The van der Waals surface area contributed by atoms with Gasteiger partial charge in [-0.3, -0.25) is 28.8 Å². The van der Waals surface area contributed by atoms with E-state index in [1.165, 1.54) is 14.1 Å². The highest BCUT2D eigenvalue weighted by Gasteiger charge is 2.54. The number of amides is 6. The van der Waals surface area contributed by atoms with Gasteiger partial charge < -0.3 is 29.4 Å². The summed E-state index contributed by atoms with van der Waals surface area (Å²) in [7, 11) is 0. The fraction of sp³-hybridized carbons (Fsp3) is 0.471. The van der Waals surface area contributed by atoms with Crippen molar-refractivity contribution in [1.29, 1.82) is 0 Å². The molecule has 15 heterocycles. The van der Waals surface area contributed by atoms with E-state index in [1.807, 2.05) is 47.6 Å². The van der Waals surface area contributed by atoms with Crippen LogP contribution in [0, 0.1) is 35.5 Å². The molecule has 21 heteroatoms. The summed E-state index contributed by atoms with van der Waals surface area (Å²) in [6, 6.07) is 32.7. The minimum Gasteiger partial charge on any atom is -0.306 e. The van der Waals surface area contributed by atoms with Crippen molar-refractivity contribution in [3.63, 3.8) is 0 Å². The molecule has 6 atom stereocenters. The Labute approximate surface area is 764 Å². The van der Waals surface area contributed by atoms with Crippen molar-refractivity contribution in [3.8, 4) is 29.3 Å². The highest BCUT2D eigenvalue weighted by Crippen LogP contribution is 2.58. The number of unbranched alkanes of at least 4 members (excludes halogenated alkanes) is 6. The smallest absolute Gasteiger partial charge is 0.261 e. The lowest BCUT2D eigenvalue weighted by Crippen LogP contribution is -2.34. The van der Waals surface area contributed by atoms with Gasteiger partial charge in [-0.2, -0.15) is 0 Å². The van der Waals surface area contributed by atoms with E-state index >= 15 is 28.8 Å². The first kappa shape index (κ1) is 89.0. The van der Waals surface area contributed by atoms with E-state index in [0.29, 0.717) is 90.5 Å². The molecular weight excluding hydrogens is 1690 g/mol. The summed E-state index contributed by atoms with van der Waals surface area (Å²) >= 11 is 15.2. The number of carbonyl (C=O) groups excluding carboxylic acids is 6. The number of thiophene rings is 9. The molecule has 1 aromatic carbocycles. The normalized spacial score (nSPS) is 17.4. The first-order valence-corrected chi connectivity index (χ1v) is 53.8. The second-order valence-corrected chi connectivity index (χ2v) is 44.1. The molecule has 6 aliphatic rings. The third-order valence-corrected chi connectivity index (χ3v) is 36.9. The highest BCUT2D eigenvalue weighted by molar-refractivity contribution is 7.32. The SMILES string of the molecule is CCCCC(CC)CN1C(=O)C2=C(c3ccc(-c4cc5c(s4)c4cc(-c6ccc(C7=C8C(=O)N(CC(CC)CCCC)C(c9cccs9)=C8C(=O)N7CC(CC)CCCC)s6)sc4c4cc(-c6ccc(C7=C8C(=O)N(CC(CC)CCCC)C(c9cccs9)=C8C(=O)N7CC(CC)CCCC)s6)sc54)s3)N(CC(CC)CCCC)C(=O)C2=C1c1cccs1. The zero-order valence-corrected chi connectivity index (χ0v) is 81.2. The predicted octanol–water partition coefficient (Wildman–Crippen LogP) is 29.4. The van der Waals surface area contributed by atoms with E-state index < -0.39 is 0 Å². The largest absolute Gasteiger partial charge is 0.306 e. The van der Waals surface area contributed by atoms with Crippen LogP contribution in [-0.4, -0.2) is 104 Å². The molecule has 6 aliphatic heterocycles. The van der Waals surface area contributed by atoms with Crippen LogP contribution in [-0.2, 0) is 28.8 Å². The van der Waals surface area contributed by atoms with Gasteiger partial charge in [0.1, 0.15) is 0 Å². The molecule has 6 amide bonds. The van der Waals surface area contributed by atoms with Crippen molar-refractivity contribution >= 4 is 202 Å². The maximum atomic E-state index is 15.8. The standard InChI is InChI=1S/C102H120N6O6S9/c1-13-25-34-61(19-7)55-103-88(73-40-31-49-115-73)82-85(100(103)112)91(106(97(82)109)58-64(22-10)37-28-16-4)76-46-43-70(118-76)79-52-67-94(121-79)68-53-80(71-44-47-77(119-71)92-86-83(98(110)107(92)59-65(23-11)38-29-17-5)89(74-41-32-50-116-74)104(101(86)113)56-62(20-8)35-26-14-2)123-96(68)69-54-81(122-95(67)69)72-45-48-78(120-72)93-87-84(99(111)108(93)60-66(24-12)39-30-18-6)90(75-42-33-51-117-75)105(102(87)114)57-63(21-9)36-27-15-3/h31-33,40-54,61-66H,13-30,34-39,55-60H2,1-12H3. The number of hydrogen-bond acceptors (Lipinski definition) is 15. The minimum atomic E-state index is -0.0728. The van der Waals surface area contributed by atoms with Crippen LogP contribution in [0.15, 0.2) is 141 Å². The van der Waals surface area contributed by atoms with Crippen molar-refractivity contribution in [2.75, 3.05) is 39.3 Å². The average Bonchev–Trinajstić information content (AvgIpc) is 1.56. The molecule has 6 unspecified atom stereocenters. The highest BCUT2D eigenvalue weighted by atomic mass is 32.1. The molecule has 0 radical (unpaired) electrons. The summed E-state index contributed by atoms with van der Waals surface area (Å²) < 4.78 is 3.51. The molecule has 0 aliphatic carbocycles. The third kappa shape index (κ3) is 17.0. The quantitative estimate of drug-likeness (QED) is 0.0375. The molecule has 0 fully saturated rings. The fourth-order valence-electron chi connectivity index (χ4n) is 19.5. The molecular formula is C102H120N6O6S9. The summed E-state index contributed by atoms with van der Waals surface area (Å²) in [6.07, 6.45) is 24.5. The van der Waals surface area contributed by atoms with Crippen LogP contribution in [0.25, 0.3) is 93.7 Å². The van der Waals surface area contributed by atoms with E-state index in [0.717, 1.165) is 263 Å². The van der Waals surface area contributed by atoms with Gasteiger partial charge in [-0.05, 0) is 163 Å². The molecule has 648 valence electrons. The second-order valence-electron chi connectivity index (χ2n) is 34.8. The van der Waals surface area contributed by atoms with Crippen LogP contribution in [0.1, 0.15) is 266 Å². The van der Waals surface area contributed by atoms with Crippen LogP contribution < -0.4 is 0 Å². The molecule has 16 rings (SSSR count). The predicted molar refractivity (Wildman–Crippen MR) is 527 cm³/mol. The molecule has 0 bridgehead atoms. The van der Waals surface area contributed by atoms with Gasteiger partial charge in [-0.1, -0.05) is 217 Å². The van der Waals surface area contributed by atoms with E-state index in [-0.39, 0.29) is 53.2 Å². The minimum absolute atomic E-state index is 0.0728. The van der Waals surface area contributed by atoms with Crippen molar-refractivity contribution < 1.29 is 28.8 Å². The number of hydrogen-bond donors (Lipinski definition) is 0. The number of fused-ring (bicyclic) bond motifs is 9. The molecule has 0 saturated heterocycles. The Morgan fingerprint density at radius 2 is 0.431 bits per heavy atom. The Hall–Kier alpha value is -7.44. The maximum absolute atomic E-state index is 15.8. The van der Waals surface area contributed by atoms with Crippen LogP contribution in [0.3, 0.4) is 0 Å². The van der Waals surface area contributed by atoms with Gasteiger partial charge in [0, 0.05) is 98.8 Å². The van der Waals surface area contributed by atoms with Gasteiger partial charge in [-0.15, -0.1) is 102 Å². The van der Waals surface area contributed by atoms with E-state index in [9.17, 15) is 0 Å². The van der Waals surface area contributed by atoms with Crippen LogP contribution in [0.2, 0.25) is 0 Å². The molecule has 0 spiro atoms. The number of benzene rings is 1. The maximum Gasteiger partial charge on any atom is 0.261 e. The monoisotopic (exact) mass is 1810 g/mol. The van der Waals surface area contributed by atoms with Gasteiger partial charge in [0.25, 0.3) is 35.4 Å². The van der Waals surface area contributed by atoms with E-state index in [4.69, 9.17) is 0 Å². The van der Waals surface area contributed by atoms with Crippen molar-refractivity contribution in [2.45, 2.75) is 237 Å². The van der Waals surface area contributed by atoms with E-state index in [1.54, 1.807) is 102 Å². The number of carbonyl (C=O) groups is 6. The van der Waals surface area contributed by atoms with Gasteiger partial charge in [0.2, 0.25) is 0 Å². The topological polar surface area (TPSA) is 122 Å². The van der Waals surface area contributed by atoms with Crippen LogP contribution >= 0.6 is 102 Å². The lowest BCUT2D eigenvalue weighted by Gasteiger charge is -2.29. The summed E-state index contributed by atoms with van der Waals surface area (Å²) in [5, 5.41) is 9.62. The first-order valence-electron chi connectivity index (χ1n) is 46.2. The Morgan fingerprint density at radius 1 is 0.236 bits per heavy atom. The summed E-state index contributed by atoms with van der Waals surface area (Å²) in [6.45, 7) is 30.1. The Morgan fingerprint density at radius 3 is 0.610 bits per heavy atom. The Kier molecular flexibility index (Phi) is 28.5. The summed E-state index contributed by atoms with van der Waals surface area (Å²) in [5.41, 5.74) is 7.80. The van der Waals surface area contributed by atoms with Crippen molar-refractivity contribution in [3.05, 3.63) is 170 Å². The van der Waals surface area contributed by atoms with Crippen LogP contribution in [0.4, 0.5) is 0 Å². The molecule has 12 nitrogen and oxygen atoms in total. The first-order chi connectivity index (χ1) is 60.0. The third-order valence-electron chi connectivity index (χ3n) is 26.9. The van der Waals surface area contributed by atoms with E-state index in [2.05, 4.69) is 172 Å². The van der Waals surface area contributed by atoms with Gasteiger partial charge in [-0.25, -0.2) is 0 Å². The fourth-order valence-corrected chi connectivity index (χ4v) is 29.1. The molecule has 10 aromatic rings. The molecule has 9 aromatic heterocycles.